The van der Waals surface area contributed by atoms with E-state index in [0.29, 0.717) is 6.54 Å². The van der Waals surface area contributed by atoms with Crippen molar-refractivity contribution in [3.63, 3.8) is 0 Å². The van der Waals surface area contributed by atoms with Crippen LogP contribution in [0.5, 0.6) is 0 Å². The van der Waals surface area contributed by atoms with Crippen LogP contribution in [0.2, 0.25) is 0 Å². The normalized spacial score (nSPS) is 11.8. The van der Waals surface area contributed by atoms with Crippen molar-refractivity contribution in [3.05, 3.63) is 29.8 Å². The molecule has 0 aliphatic rings. The third-order valence-corrected chi connectivity index (χ3v) is 5.55. The summed E-state index contributed by atoms with van der Waals surface area (Å²) >= 11 is 0. The van der Waals surface area contributed by atoms with Gasteiger partial charge in [0.1, 0.15) is 0 Å². The largest absolute Gasteiger partial charge is 0.536 e. The van der Waals surface area contributed by atoms with E-state index in [1.54, 1.807) is 21.3 Å². The van der Waals surface area contributed by atoms with Crippen molar-refractivity contribution >= 4 is 14.0 Å². The third-order valence-electron chi connectivity index (χ3n) is 2.79. The molecule has 0 bridgehead atoms. The molecule has 0 spiro atoms. The van der Waals surface area contributed by atoms with E-state index in [1.807, 2.05) is 24.3 Å². The van der Waals surface area contributed by atoms with E-state index >= 15 is 0 Å². The van der Waals surface area contributed by atoms with Gasteiger partial charge in [-0.3, -0.25) is 0 Å². The van der Waals surface area contributed by atoms with Crippen molar-refractivity contribution in [1.82, 2.24) is 5.32 Å². The van der Waals surface area contributed by atoms with Crippen LogP contribution >= 0.6 is 0 Å². The maximum absolute atomic E-state index is 5.51. The van der Waals surface area contributed by atoms with Crippen LogP contribution in [-0.2, 0) is 19.8 Å². The molecule has 0 heterocycles. The summed E-state index contributed by atoms with van der Waals surface area (Å²) in [7, 11) is 2.07. The van der Waals surface area contributed by atoms with Crippen molar-refractivity contribution in [2.45, 2.75) is 6.54 Å². The van der Waals surface area contributed by atoms with Crippen molar-refractivity contribution < 1.29 is 13.3 Å². The molecule has 0 unspecified atom stereocenters. The average Bonchev–Trinajstić information content (AvgIpc) is 2.43. The van der Waals surface area contributed by atoms with Gasteiger partial charge in [0.05, 0.1) is 0 Å². The molecule has 1 aromatic carbocycles. The Morgan fingerprint density at radius 2 is 1.72 bits per heavy atom. The number of nitrogens with two attached hydrogens (primary N) is 1. The van der Waals surface area contributed by atoms with E-state index < -0.39 is 8.80 Å². The molecule has 0 aliphatic carbocycles. The first kappa shape index (κ1) is 15.3. The monoisotopic (exact) mass is 270 g/mol. The lowest BCUT2D eigenvalue weighted by atomic mass is 10.2. The Morgan fingerprint density at radius 3 is 2.28 bits per heavy atom. The van der Waals surface area contributed by atoms with Gasteiger partial charge >= 0.3 is 8.80 Å². The summed E-state index contributed by atoms with van der Waals surface area (Å²) in [6, 6.07) is 7.98. The lowest BCUT2D eigenvalue weighted by molar-refractivity contribution is 0.140. The summed E-state index contributed by atoms with van der Waals surface area (Å²) in [6.45, 7) is 2.11. The van der Waals surface area contributed by atoms with Crippen LogP contribution in [0.25, 0.3) is 0 Å². The van der Waals surface area contributed by atoms with Crippen LogP contribution in [0, 0.1) is 0 Å². The predicted octanol–water partition coefficient (Wildman–Crippen LogP) is -0.180. The Morgan fingerprint density at radius 1 is 1.11 bits per heavy atom. The minimum absolute atomic E-state index is 0.615. The second-order valence-electron chi connectivity index (χ2n) is 3.79. The molecule has 0 radical (unpaired) electrons. The zero-order chi connectivity index (χ0) is 13.4. The molecule has 0 saturated carbocycles. The highest BCUT2D eigenvalue weighted by Crippen LogP contribution is 2.10. The first-order valence-corrected chi connectivity index (χ1v) is 7.61. The summed E-state index contributed by atoms with van der Waals surface area (Å²) in [4.78, 5) is 0. The number of hydrogen-bond acceptors (Lipinski definition) is 5. The molecule has 0 fully saturated rings. The van der Waals surface area contributed by atoms with Crippen LogP contribution in [0.15, 0.2) is 24.3 Å². The third kappa shape index (κ3) is 3.38. The summed E-state index contributed by atoms with van der Waals surface area (Å²) in [5.41, 5.74) is 6.58. The van der Waals surface area contributed by atoms with Crippen LogP contribution < -0.4 is 16.2 Å². The topological polar surface area (TPSA) is 65.7 Å². The van der Waals surface area contributed by atoms with Crippen molar-refractivity contribution in [2.75, 3.05) is 34.4 Å². The first-order chi connectivity index (χ1) is 8.74. The molecule has 102 valence electrons. The number of benzene rings is 1. The van der Waals surface area contributed by atoms with E-state index in [-0.39, 0.29) is 0 Å². The lowest BCUT2D eigenvalue weighted by Gasteiger charge is -2.26. The molecule has 18 heavy (non-hydrogen) atoms. The molecule has 1 aromatic rings. The van der Waals surface area contributed by atoms with Gasteiger partial charge in [-0.05, 0) is 5.56 Å². The van der Waals surface area contributed by atoms with Gasteiger partial charge in [-0.25, -0.2) is 0 Å². The van der Waals surface area contributed by atoms with E-state index in [9.17, 15) is 0 Å². The minimum atomic E-state index is -2.77. The highest BCUT2D eigenvalue weighted by molar-refractivity contribution is 6.75. The molecular weight excluding hydrogens is 248 g/mol. The fourth-order valence-electron chi connectivity index (χ4n) is 1.88. The Hall–Kier alpha value is -0.763. The Balaban J connectivity index is 2.99. The van der Waals surface area contributed by atoms with Crippen LogP contribution in [0.4, 0.5) is 0 Å². The van der Waals surface area contributed by atoms with Crippen molar-refractivity contribution in [1.29, 1.82) is 0 Å². The Bertz CT molecular complexity index is 351. The molecule has 0 aliphatic heterocycles. The fraction of sp³-hybridized carbons (Fsp3) is 0.500. The van der Waals surface area contributed by atoms with E-state index in [2.05, 4.69) is 5.32 Å². The van der Waals surface area contributed by atoms with E-state index in [4.69, 9.17) is 19.0 Å². The Kier molecular flexibility index (Phi) is 6.48. The van der Waals surface area contributed by atoms with Gasteiger partial charge in [-0.2, -0.15) is 0 Å². The summed E-state index contributed by atoms with van der Waals surface area (Å²) in [5.74, 6) is 0. The molecule has 0 amide bonds. The first-order valence-electron chi connectivity index (χ1n) is 5.88. The second-order valence-corrected chi connectivity index (χ2v) is 6.67. The molecule has 0 aromatic heterocycles. The van der Waals surface area contributed by atoms with Crippen LogP contribution in [0.1, 0.15) is 5.56 Å². The molecule has 6 heteroatoms. The molecular formula is C12H22N2O3Si. The van der Waals surface area contributed by atoms with Gasteiger partial charge in [0.15, 0.2) is 0 Å². The quantitative estimate of drug-likeness (QED) is 0.507. The molecule has 1 rings (SSSR count). The minimum Gasteiger partial charge on any atom is -0.373 e. The maximum Gasteiger partial charge on any atom is 0.536 e. The van der Waals surface area contributed by atoms with Gasteiger partial charge in [0, 0.05) is 46.2 Å². The number of nitrogens with one attached hydrogen (secondary N) is 1. The number of hydrogen-bond donors (Lipinski definition) is 2. The Labute approximate surface area is 110 Å². The SMILES string of the molecule is CO[Si](OC)(OC)c1ccccc1CNCCN. The summed E-state index contributed by atoms with van der Waals surface area (Å²) < 4.78 is 16.5. The smallest absolute Gasteiger partial charge is 0.373 e. The van der Waals surface area contributed by atoms with Crippen molar-refractivity contribution in [3.8, 4) is 0 Å². The highest BCUT2D eigenvalue weighted by Gasteiger charge is 2.42. The molecule has 0 atom stereocenters. The van der Waals surface area contributed by atoms with Crippen LogP contribution in [-0.4, -0.2) is 43.2 Å². The maximum atomic E-state index is 5.51. The number of rotatable bonds is 8. The van der Waals surface area contributed by atoms with E-state index in [1.165, 1.54) is 0 Å². The van der Waals surface area contributed by atoms with Gasteiger partial charge in [0.25, 0.3) is 0 Å². The van der Waals surface area contributed by atoms with Gasteiger partial charge < -0.3 is 24.3 Å². The summed E-state index contributed by atoms with van der Waals surface area (Å²) in [5, 5.41) is 4.25. The summed E-state index contributed by atoms with van der Waals surface area (Å²) in [6.07, 6.45) is 0. The van der Waals surface area contributed by atoms with Gasteiger partial charge in [0.2, 0.25) is 0 Å². The predicted molar refractivity (Wildman–Crippen MR) is 73.6 cm³/mol. The zero-order valence-electron chi connectivity index (χ0n) is 11.2. The molecule has 5 nitrogen and oxygen atoms in total. The molecule has 3 N–H and O–H groups in total. The standard InChI is InChI=1S/C12H22N2O3Si/c1-15-18(16-2,17-3)12-7-5-4-6-11(12)10-14-9-8-13/h4-7,14H,8-10,13H2,1-3H3. The second kappa shape index (κ2) is 7.62. The van der Waals surface area contributed by atoms with Gasteiger partial charge in [-0.1, -0.05) is 24.3 Å². The molecule has 0 saturated heterocycles. The fourth-order valence-corrected chi connectivity index (χ4v) is 3.90. The van der Waals surface area contributed by atoms with Crippen molar-refractivity contribution in [2.24, 2.45) is 5.73 Å². The zero-order valence-corrected chi connectivity index (χ0v) is 12.2. The lowest BCUT2D eigenvalue weighted by Crippen LogP contribution is -2.56. The average molecular weight is 270 g/mol. The van der Waals surface area contributed by atoms with Crippen LogP contribution in [0.3, 0.4) is 0 Å². The highest BCUT2D eigenvalue weighted by atomic mass is 28.4. The van der Waals surface area contributed by atoms with E-state index in [0.717, 1.165) is 23.8 Å². The van der Waals surface area contributed by atoms with Gasteiger partial charge in [-0.15, -0.1) is 0 Å².